The highest BCUT2D eigenvalue weighted by molar-refractivity contribution is 9.10. The number of halogens is 1. The summed E-state index contributed by atoms with van der Waals surface area (Å²) in [5.41, 5.74) is 0.419. The molecule has 0 aliphatic carbocycles. The van der Waals surface area contributed by atoms with E-state index in [-0.39, 0.29) is 16.4 Å². The molecule has 1 N–H and O–H groups in total. The second-order valence-electron chi connectivity index (χ2n) is 6.62. The van der Waals surface area contributed by atoms with Crippen molar-refractivity contribution in [3.05, 3.63) is 96.5 Å². The van der Waals surface area contributed by atoms with E-state index in [4.69, 9.17) is 4.74 Å². The van der Waals surface area contributed by atoms with Crippen LogP contribution in [0, 0.1) is 27.2 Å². The summed E-state index contributed by atoms with van der Waals surface area (Å²) < 4.78 is 30.5. The summed E-state index contributed by atoms with van der Waals surface area (Å²) in [5, 5.41) is 25.9. The lowest BCUT2D eigenvalue weighted by Crippen LogP contribution is -2.18. The van der Waals surface area contributed by atoms with Gasteiger partial charge in [0.05, 0.1) is 31.5 Å². The highest BCUT2D eigenvalue weighted by Crippen LogP contribution is 2.37. The summed E-state index contributed by atoms with van der Waals surface area (Å²) in [6, 6.07) is 13.9. The average Bonchev–Trinajstić information content (AvgIpc) is 2.75. The van der Waals surface area contributed by atoms with Crippen LogP contribution in [0.4, 0.5) is 11.4 Å². The third-order valence-electron chi connectivity index (χ3n) is 4.24. The molecule has 3 aromatic carbocycles. The zero-order valence-electron chi connectivity index (χ0n) is 16.8. The Labute approximate surface area is 196 Å². The number of non-ortho nitro benzene ring substituents is 1. The molecule has 3 aromatic rings. The number of sulfonamides is 1. The van der Waals surface area contributed by atoms with Crippen molar-refractivity contribution < 1.29 is 23.0 Å². The first-order chi connectivity index (χ1) is 15.6. The number of nitrogens with one attached hydrogen (secondary N) is 1. The lowest BCUT2D eigenvalue weighted by atomic mass is 10.2. The standard InChI is InChI=1S/C20H15BrN4O7S/c1-13-2-6-16(7-3-13)33(30,31)23-22-12-14-4-8-19(17(21)10-14)32-20-9-5-15(24(26)27)11-18(20)25(28)29/h2-12,23H,1H3/b22-12-. The highest BCUT2D eigenvalue weighted by atomic mass is 79.9. The monoisotopic (exact) mass is 534 g/mol. The van der Waals surface area contributed by atoms with Crippen LogP contribution in [0.15, 0.2) is 75.1 Å². The van der Waals surface area contributed by atoms with E-state index in [1.165, 1.54) is 24.4 Å². The molecule has 0 heterocycles. The number of hydrogen-bond acceptors (Lipinski definition) is 8. The van der Waals surface area contributed by atoms with Gasteiger partial charge < -0.3 is 4.74 Å². The van der Waals surface area contributed by atoms with Gasteiger partial charge in [-0.3, -0.25) is 20.2 Å². The first-order valence-corrected chi connectivity index (χ1v) is 11.4. The van der Waals surface area contributed by atoms with Gasteiger partial charge in [0.15, 0.2) is 0 Å². The number of rotatable bonds is 8. The summed E-state index contributed by atoms with van der Waals surface area (Å²) >= 11 is 3.28. The summed E-state index contributed by atoms with van der Waals surface area (Å²) in [5.74, 6) is 0.0166. The van der Waals surface area contributed by atoms with E-state index in [9.17, 15) is 28.6 Å². The van der Waals surface area contributed by atoms with Gasteiger partial charge in [0.25, 0.3) is 15.7 Å². The molecular formula is C20H15BrN4O7S. The molecule has 0 radical (unpaired) electrons. The molecule has 0 fully saturated rings. The Morgan fingerprint density at radius 2 is 1.64 bits per heavy atom. The van der Waals surface area contributed by atoms with Crippen LogP contribution in [0.1, 0.15) is 11.1 Å². The quantitative estimate of drug-likeness (QED) is 0.250. The fourth-order valence-corrected chi connectivity index (χ4v) is 3.86. The molecule has 0 atom stereocenters. The Balaban J connectivity index is 1.76. The number of nitrogens with zero attached hydrogens (tertiary/aromatic N) is 3. The van der Waals surface area contributed by atoms with Gasteiger partial charge in [0, 0.05) is 6.07 Å². The van der Waals surface area contributed by atoms with Crippen molar-refractivity contribution in [2.75, 3.05) is 0 Å². The van der Waals surface area contributed by atoms with Gasteiger partial charge in [0.1, 0.15) is 5.75 Å². The molecule has 33 heavy (non-hydrogen) atoms. The Hall–Kier alpha value is -3.84. The minimum absolute atomic E-state index is 0.0693. The molecule has 0 saturated heterocycles. The van der Waals surface area contributed by atoms with Crippen LogP contribution in [0.2, 0.25) is 0 Å². The van der Waals surface area contributed by atoms with Gasteiger partial charge in [-0.25, -0.2) is 4.83 Å². The highest BCUT2D eigenvalue weighted by Gasteiger charge is 2.21. The molecule has 0 unspecified atom stereocenters. The van der Waals surface area contributed by atoms with E-state index in [0.29, 0.717) is 10.0 Å². The SMILES string of the molecule is Cc1ccc(S(=O)(=O)N/N=C\c2ccc(Oc3ccc([N+](=O)[O-])cc3[N+](=O)[O-])c(Br)c2)cc1. The molecule has 0 aliphatic heterocycles. The zero-order valence-corrected chi connectivity index (χ0v) is 19.2. The largest absolute Gasteiger partial charge is 0.449 e. The lowest BCUT2D eigenvalue weighted by Gasteiger charge is -2.09. The number of hydrazone groups is 1. The first-order valence-electron chi connectivity index (χ1n) is 9.08. The van der Waals surface area contributed by atoms with Crippen LogP contribution in [0.25, 0.3) is 0 Å². The molecule has 0 aromatic heterocycles. The van der Waals surface area contributed by atoms with E-state index in [1.807, 2.05) is 6.92 Å². The van der Waals surface area contributed by atoms with Gasteiger partial charge in [-0.1, -0.05) is 17.7 Å². The predicted octanol–water partition coefficient (Wildman–Crippen LogP) is 4.68. The number of hydrogen-bond donors (Lipinski definition) is 1. The normalized spacial score (nSPS) is 11.3. The maximum atomic E-state index is 12.3. The van der Waals surface area contributed by atoms with Crippen LogP contribution in [-0.4, -0.2) is 24.5 Å². The second kappa shape index (κ2) is 9.75. The first kappa shape index (κ1) is 23.8. The Morgan fingerprint density at radius 3 is 2.24 bits per heavy atom. The van der Waals surface area contributed by atoms with Crippen LogP contribution < -0.4 is 9.57 Å². The van der Waals surface area contributed by atoms with Gasteiger partial charge >= 0.3 is 5.69 Å². The third kappa shape index (κ3) is 5.90. The molecule has 11 nitrogen and oxygen atoms in total. The molecule has 0 bridgehead atoms. The lowest BCUT2D eigenvalue weighted by molar-refractivity contribution is -0.394. The Bertz CT molecular complexity index is 1360. The third-order valence-corrected chi connectivity index (χ3v) is 6.10. The van der Waals surface area contributed by atoms with E-state index in [0.717, 1.165) is 23.8 Å². The average molecular weight is 535 g/mol. The van der Waals surface area contributed by atoms with Crippen molar-refractivity contribution >= 4 is 43.5 Å². The van der Waals surface area contributed by atoms with Crippen molar-refractivity contribution in [2.45, 2.75) is 11.8 Å². The van der Waals surface area contributed by atoms with Crippen LogP contribution in [0.5, 0.6) is 11.5 Å². The molecule has 0 spiro atoms. The minimum Gasteiger partial charge on any atom is -0.449 e. The van der Waals surface area contributed by atoms with E-state index >= 15 is 0 Å². The topological polar surface area (TPSA) is 154 Å². The maximum absolute atomic E-state index is 12.3. The van der Waals surface area contributed by atoms with Crippen molar-refractivity contribution in [1.82, 2.24) is 4.83 Å². The van der Waals surface area contributed by atoms with Crippen molar-refractivity contribution in [3.63, 3.8) is 0 Å². The molecule has 0 amide bonds. The fourth-order valence-electron chi connectivity index (χ4n) is 2.59. The van der Waals surface area contributed by atoms with Gasteiger partial charge in [0.2, 0.25) is 5.75 Å². The van der Waals surface area contributed by atoms with E-state index in [2.05, 4.69) is 25.9 Å². The van der Waals surface area contributed by atoms with Crippen molar-refractivity contribution in [1.29, 1.82) is 0 Å². The van der Waals surface area contributed by atoms with E-state index < -0.39 is 31.2 Å². The fraction of sp³-hybridized carbons (Fsp3) is 0.0500. The van der Waals surface area contributed by atoms with Crippen LogP contribution >= 0.6 is 15.9 Å². The molecule has 0 aliphatic rings. The molecule has 170 valence electrons. The summed E-state index contributed by atoms with van der Waals surface area (Å²) in [7, 11) is -3.82. The molecule has 13 heteroatoms. The Morgan fingerprint density at radius 1 is 0.970 bits per heavy atom. The summed E-state index contributed by atoms with van der Waals surface area (Å²) in [6.45, 7) is 1.84. The van der Waals surface area contributed by atoms with Crippen molar-refractivity contribution in [2.24, 2.45) is 5.10 Å². The van der Waals surface area contributed by atoms with Crippen LogP contribution in [-0.2, 0) is 10.0 Å². The van der Waals surface area contributed by atoms with Gasteiger partial charge in [-0.05, 0) is 64.8 Å². The number of ether oxygens (including phenoxy) is 1. The van der Waals surface area contributed by atoms with E-state index in [1.54, 1.807) is 24.3 Å². The van der Waals surface area contributed by atoms with Crippen LogP contribution in [0.3, 0.4) is 0 Å². The Kier molecular flexibility index (Phi) is 7.04. The molecule has 0 saturated carbocycles. The molecular weight excluding hydrogens is 520 g/mol. The summed E-state index contributed by atoms with van der Waals surface area (Å²) in [6.07, 6.45) is 1.27. The maximum Gasteiger partial charge on any atom is 0.318 e. The number of benzene rings is 3. The predicted molar refractivity (Wildman–Crippen MR) is 123 cm³/mol. The van der Waals surface area contributed by atoms with Crippen molar-refractivity contribution in [3.8, 4) is 11.5 Å². The molecule has 3 rings (SSSR count). The second-order valence-corrected chi connectivity index (χ2v) is 9.14. The van der Waals surface area contributed by atoms with Gasteiger partial charge in [-0.15, -0.1) is 0 Å². The number of aryl methyl sites for hydroxylation is 1. The summed E-state index contributed by atoms with van der Waals surface area (Å²) in [4.78, 5) is 22.8. The minimum atomic E-state index is -3.82. The number of nitro groups is 2. The van der Waals surface area contributed by atoms with Gasteiger partial charge in [-0.2, -0.15) is 13.5 Å². The number of nitro benzene ring substituents is 2. The smallest absolute Gasteiger partial charge is 0.318 e. The zero-order chi connectivity index (χ0) is 24.2.